The van der Waals surface area contributed by atoms with E-state index in [1.54, 1.807) is 60.7 Å². The number of fused-ring (bicyclic) bond motifs is 1. The smallest absolute Gasteiger partial charge is 0.231 e. The molecule has 0 radical (unpaired) electrons. The molecule has 4 nitrogen and oxygen atoms in total. The maximum absolute atomic E-state index is 12.6. The largest absolute Gasteiger partial charge is 0.485 e. The number of Topliss-reactive ketones (excluding diaryl/α,β-unsaturated/α-hetero) is 2. The summed E-state index contributed by atoms with van der Waals surface area (Å²) in [6.07, 6.45) is 1.52. The van der Waals surface area contributed by atoms with E-state index in [4.69, 9.17) is 32.7 Å². The monoisotopic (exact) mass is 424 g/mol. The number of hydrogen-bond acceptors (Lipinski definition) is 4. The first-order chi connectivity index (χ1) is 14.0. The second kappa shape index (κ2) is 8.11. The molecule has 0 aromatic heterocycles. The lowest BCUT2D eigenvalue weighted by Crippen LogP contribution is -2.11. The Labute approximate surface area is 177 Å². The first-order valence-electron chi connectivity index (χ1n) is 8.76. The van der Waals surface area contributed by atoms with Crippen molar-refractivity contribution in [1.29, 1.82) is 0 Å². The predicted octanol–water partition coefficient (Wildman–Crippen LogP) is 5.87. The standard InChI is InChI=1S/C23H14Cl2O4/c24-18-7-4-8-19(25)17(18)12-22-23(27)16-10-9-15(11-21(16)29-22)28-13-20(26)14-5-2-1-3-6-14/h1-12H,13H2. The van der Waals surface area contributed by atoms with Gasteiger partial charge >= 0.3 is 0 Å². The molecule has 0 atom stereocenters. The molecule has 0 N–H and O–H groups in total. The molecule has 3 aromatic carbocycles. The quantitative estimate of drug-likeness (QED) is 0.379. The average Bonchev–Trinajstić information content (AvgIpc) is 3.04. The summed E-state index contributed by atoms with van der Waals surface area (Å²) in [7, 11) is 0. The lowest BCUT2D eigenvalue weighted by molar-refractivity contribution is 0.0921. The van der Waals surface area contributed by atoms with E-state index in [2.05, 4.69) is 0 Å². The molecule has 0 amide bonds. The normalized spacial score (nSPS) is 13.9. The van der Waals surface area contributed by atoms with Gasteiger partial charge < -0.3 is 9.47 Å². The predicted molar refractivity (Wildman–Crippen MR) is 112 cm³/mol. The van der Waals surface area contributed by atoms with Gasteiger partial charge in [0.25, 0.3) is 0 Å². The van der Waals surface area contributed by atoms with Crippen LogP contribution >= 0.6 is 23.2 Å². The van der Waals surface area contributed by atoms with Crippen molar-refractivity contribution in [3.05, 3.63) is 99.2 Å². The number of carbonyl (C=O) groups is 2. The summed E-state index contributed by atoms with van der Waals surface area (Å²) in [6.45, 7) is -0.116. The fourth-order valence-corrected chi connectivity index (χ4v) is 3.40. The molecule has 29 heavy (non-hydrogen) atoms. The van der Waals surface area contributed by atoms with Crippen molar-refractivity contribution in [3.8, 4) is 11.5 Å². The molecule has 0 spiro atoms. The fraction of sp³-hybridized carbons (Fsp3) is 0.0435. The molecule has 0 bridgehead atoms. The summed E-state index contributed by atoms with van der Waals surface area (Å²) in [6, 6.07) is 18.8. The van der Waals surface area contributed by atoms with Crippen LogP contribution in [-0.2, 0) is 0 Å². The SMILES string of the molecule is O=C(COc1ccc2c(c1)OC(=Cc1c(Cl)cccc1Cl)C2=O)c1ccccc1. The van der Waals surface area contributed by atoms with E-state index in [1.807, 2.05) is 6.07 Å². The third kappa shape index (κ3) is 4.04. The molecule has 6 heteroatoms. The second-order valence-electron chi connectivity index (χ2n) is 6.31. The maximum atomic E-state index is 12.6. The van der Waals surface area contributed by atoms with E-state index in [0.717, 1.165) is 0 Å². The van der Waals surface area contributed by atoms with E-state index >= 15 is 0 Å². The minimum absolute atomic E-state index is 0.116. The summed E-state index contributed by atoms with van der Waals surface area (Å²) in [5.74, 6) is 0.486. The molecule has 0 unspecified atom stereocenters. The van der Waals surface area contributed by atoms with Crippen LogP contribution in [-0.4, -0.2) is 18.2 Å². The summed E-state index contributed by atoms with van der Waals surface area (Å²) in [5, 5.41) is 0.835. The van der Waals surface area contributed by atoms with Crippen LogP contribution in [0.15, 0.2) is 72.5 Å². The van der Waals surface area contributed by atoms with Gasteiger partial charge in [0.05, 0.1) is 5.56 Å². The van der Waals surface area contributed by atoms with Crippen LogP contribution in [0.4, 0.5) is 0 Å². The molecule has 0 saturated heterocycles. The van der Waals surface area contributed by atoms with Gasteiger partial charge in [0.2, 0.25) is 5.78 Å². The number of hydrogen-bond donors (Lipinski definition) is 0. The fourth-order valence-electron chi connectivity index (χ4n) is 2.89. The molecule has 1 aliphatic heterocycles. The topological polar surface area (TPSA) is 52.6 Å². The Hall–Kier alpha value is -3.08. The van der Waals surface area contributed by atoms with E-state index in [9.17, 15) is 9.59 Å². The summed E-state index contributed by atoms with van der Waals surface area (Å²) in [5.41, 5.74) is 1.49. The van der Waals surface area contributed by atoms with Gasteiger partial charge in [0, 0.05) is 27.2 Å². The van der Waals surface area contributed by atoms with Gasteiger partial charge in [-0.3, -0.25) is 9.59 Å². The highest BCUT2D eigenvalue weighted by Gasteiger charge is 2.28. The highest BCUT2D eigenvalue weighted by atomic mass is 35.5. The van der Waals surface area contributed by atoms with Crippen LogP contribution < -0.4 is 9.47 Å². The van der Waals surface area contributed by atoms with Crippen LogP contribution in [0, 0.1) is 0 Å². The minimum Gasteiger partial charge on any atom is -0.485 e. The number of carbonyl (C=O) groups excluding carboxylic acids is 2. The number of halogens is 2. The Balaban J connectivity index is 1.52. The van der Waals surface area contributed by atoms with Crippen LogP contribution in [0.2, 0.25) is 10.0 Å². The summed E-state index contributed by atoms with van der Waals surface area (Å²) in [4.78, 5) is 24.8. The Morgan fingerprint density at radius 1 is 0.966 bits per heavy atom. The van der Waals surface area contributed by atoms with Gasteiger partial charge in [0.15, 0.2) is 18.1 Å². The van der Waals surface area contributed by atoms with Gasteiger partial charge in [-0.25, -0.2) is 0 Å². The molecule has 1 aliphatic rings. The van der Waals surface area contributed by atoms with Gasteiger partial charge in [-0.05, 0) is 30.3 Å². The molecule has 0 fully saturated rings. The molecule has 4 rings (SSSR count). The Bertz CT molecular complexity index is 1120. The zero-order valence-corrected chi connectivity index (χ0v) is 16.5. The number of ketones is 2. The van der Waals surface area contributed by atoms with E-state index in [-0.39, 0.29) is 23.9 Å². The molecule has 3 aromatic rings. The average molecular weight is 425 g/mol. The number of benzene rings is 3. The molecular formula is C23H14Cl2O4. The van der Waals surface area contributed by atoms with Crippen LogP contribution in [0.5, 0.6) is 11.5 Å². The van der Waals surface area contributed by atoms with Crippen molar-refractivity contribution in [2.24, 2.45) is 0 Å². The van der Waals surface area contributed by atoms with Crippen molar-refractivity contribution in [2.45, 2.75) is 0 Å². The zero-order valence-electron chi connectivity index (χ0n) is 15.0. The van der Waals surface area contributed by atoms with E-state index < -0.39 is 0 Å². The van der Waals surface area contributed by atoms with Crippen molar-refractivity contribution in [2.75, 3.05) is 6.61 Å². The zero-order chi connectivity index (χ0) is 20.4. The van der Waals surface area contributed by atoms with Gasteiger partial charge in [-0.15, -0.1) is 0 Å². The van der Waals surface area contributed by atoms with E-state index in [0.29, 0.717) is 38.2 Å². The van der Waals surface area contributed by atoms with Gasteiger partial charge in [0.1, 0.15) is 11.5 Å². The van der Waals surface area contributed by atoms with Crippen molar-refractivity contribution in [1.82, 2.24) is 0 Å². The molecule has 0 saturated carbocycles. The maximum Gasteiger partial charge on any atom is 0.231 e. The number of rotatable bonds is 5. The molecule has 1 heterocycles. The molecular weight excluding hydrogens is 411 g/mol. The summed E-state index contributed by atoms with van der Waals surface area (Å²) < 4.78 is 11.3. The van der Waals surface area contributed by atoms with E-state index in [1.165, 1.54) is 6.08 Å². The second-order valence-corrected chi connectivity index (χ2v) is 7.13. The van der Waals surface area contributed by atoms with Gasteiger partial charge in [-0.1, -0.05) is 59.6 Å². The highest BCUT2D eigenvalue weighted by molar-refractivity contribution is 6.37. The number of allylic oxidation sites excluding steroid dienone is 1. The number of ether oxygens (including phenoxy) is 2. The lowest BCUT2D eigenvalue weighted by Gasteiger charge is -2.07. The van der Waals surface area contributed by atoms with Crippen molar-refractivity contribution in [3.63, 3.8) is 0 Å². The third-order valence-corrected chi connectivity index (χ3v) is 5.04. The van der Waals surface area contributed by atoms with Crippen LogP contribution in [0.25, 0.3) is 6.08 Å². The van der Waals surface area contributed by atoms with Crippen LogP contribution in [0.1, 0.15) is 26.3 Å². The minimum atomic E-state index is -0.275. The van der Waals surface area contributed by atoms with Gasteiger partial charge in [-0.2, -0.15) is 0 Å². The van der Waals surface area contributed by atoms with Crippen molar-refractivity contribution < 1.29 is 19.1 Å². The summed E-state index contributed by atoms with van der Waals surface area (Å²) >= 11 is 12.3. The highest BCUT2D eigenvalue weighted by Crippen LogP contribution is 2.36. The molecule has 144 valence electrons. The van der Waals surface area contributed by atoms with Crippen LogP contribution in [0.3, 0.4) is 0 Å². The Morgan fingerprint density at radius 2 is 1.69 bits per heavy atom. The lowest BCUT2D eigenvalue weighted by atomic mass is 10.1. The first kappa shape index (κ1) is 19.2. The molecule has 0 aliphatic carbocycles. The first-order valence-corrected chi connectivity index (χ1v) is 9.52. The third-order valence-electron chi connectivity index (χ3n) is 4.38. The Kier molecular flexibility index (Phi) is 5.38. The van der Waals surface area contributed by atoms with Crippen molar-refractivity contribution >= 4 is 40.8 Å². The Morgan fingerprint density at radius 3 is 2.41 bits per heavy atom.